The Kier molecular flexibility index (Phi) is 5.27. The zero-order chi connectivity index (χ0) is 18.8. The number of fused-ring (bicyclic) bond motifs is 1. The lowest BCUT2D eigenvalue weighted by atomic mass is 10.1. The summed E-state index contributed by atoms with van der Waals surface area (Å²) in [5.74, 6) is -0.576. The van der Waals surface area contributed by atoms with Crippen molar-refractivity contribution in [3.63, 3.8) is 0 Å². The van der Waals surface area contributed by atoms with E-state index < -0.39 is 5.91 Å². The quantitative estimate of drug-likeness (QED) is 0.389. The van der Waals surface area contributed by atoms with Crippen molar-refractivity contribution in [2.24, 2.45) is 5.10 Å². The Bertz CT molecular complexity index is 1110. The van der Waals surface area contributed by atoms with Crippen molar-refractivity contribution in [2.45, 2.75) is 6.92 Å². The predicted octanol–water partition coefficient (Wildman–Crippen LogP) is 4.04. The van der Waals surface area contributed by atoms with E-state index in [9.17, 15) is 9.59 Å². The zero-order valence-electron chi connectivity index (χ0n) is 13.3. The molecule has 0 fully saturated rings. The molecule has 0 aliphatic carbocycles. The topological polar surface area (TPSA) is 87.2 Å². The van der Waals surface area contributed by atoms with Crippen LogP contribution in [0.4, 0.5) is 0 Å². The maximum absolute atomic E-state index is 12.4. The smallest absolute Gasteiger partial charge is 0.267 e. The molecule has 0 aliphatic rings. The molecule has 2 N–H and O–H groups in total. The molecule has 1 heterocycles. The molecular formula is C17H11Cl3N4O2. The molecule has 2 aromatic carbocycles. The number of rotatable bonds is 3. The van der Waals surface area contributed by atoms with Crippen LogP contribution in [0.2, 0.25) is 15.1 Å². The first-order valence-electron chi connectivity index (χ1n) is 7.36. The van der Waals surface area contributed by atoms with Crippen LogP contribution >= 0.6 is 34.8 Å². The normalized spacial score (nSPS) is 11.6. The van der Waals surface area contributed by atoms with E-state index >= 15 is 0 Å². The van der Waals surface area contributed by atoms with E-state index in [4.69, 9.17) is 34.8 Å². The molecule has 1 aromatic heterocycles. The van der Waals surface area contributed by atoms with Crippen molar-refractivity contribution < 1.29 is 4.79 Å². The van der Waals surface area contributed by atoms with Crippen LogP contribution in [0, 0.1) is 0 Å². The Morgan fingerprint density at radius 1 is 1.08 bits per heavy atom. The van der Waals surface area contributed by atoms with Gasteiger partial charge in [-0.05, 0) is 19.1 Å². The predicted molar refractivity (Wildman–Crippen MR) is 104 cm³/mol. The summed E-state index contributed by atoms with van der Waals surface area (Å²) in [6.45, 7) is 1.66. The second-order valence-electron chi connectivity index (χ2n) is 5.31. The Morgan fingerprint density at radius 3 is 2.50 bits per heavy atom. The third-order valence-electron chi connectivity index (χ3n) is 3.66. The highest BCUT2D eigenvalue weighted by atomic mass is 35.5. The van der Waals surface area contributed by atoms with Crippen LogP contribution < -0.4 is 11.0 Å². The van der Waals surface area contributed by atoms with Crippen molar-refractivity contribution in [1.29, 1.82) is 0 Å². The third-order valence-corrected chi connectivity index (χ3v) is 4.95. The van der Waals surface area contributed by atoms with Crippen LogP contribution in [0.25, 0.3) is 10.8 Å². The fourth-order valence-corrected chi connectivity index (χ4v) is 3.01. The van der Waals surface area contributed by atoms with Gasteiger partial charge < -0.3 is 0 Å². The number of benzene rings is 2. The van der Waals surface area contributed by atoms with Gasteiger partial charge >= 0.3 is 0 Å². The number of carbonyl (C=O) groups is 1. The Balaban J connectivity index is 1.92. The number of carbonyl (C=O) groups excluding carboxylic acids is 1. The maximum Gasteiger partial charge on any atom is 0.292 e. The fourth-order valence-electron chi connectivity index (χ4n) is 2.34. The molecule has 3 aromatic rings. The number of aromatic amines is 1. The molecule has 0 bridgehead atoms. The van der Waals surface area contributed by atoms with E-state index in [2.05, 4.69) is 20.7 Å². The first kappa shape index (κ1) is 18.4. The van der Waals surface area contributed by atoms with E-state index in [0.29, 0.717) is 27.1 Å². The van der Waals surface area contributed by atoms with Gasteiger partial charge in [0.2, 0.25) is 0 Å². The summed E-state index contributed by atoms with van der Waals surface area (Å²) in [6, 6.07) is 9.89. The lowest BCUT2D eigenvalue weighted by Crippen LogP contribution is -2.23. The summed E-state index contributed by atoms with van der Waals surface area (Å²) in [5, 5.41) is 11.7. The molecule has 0 atom stereocenters. The van der Waals surface area contributed by atoms with Gasteiger partial charge in [0.15, 0.2) is 5.69 Å². The van der Waals surface area contributed by atoms with Crippen LogP contribution in [-0.2, 0) is 0 Å². The summed E-state index contributed by atoms with van der Waals surface area (Å²) in [7, 11) is 0. The van der Waals surface area contributed by atoms with Gasteiger partial charge in [-0.15, -0.1) is 0 Å². The summed E-state index contributed by atoms with van der Waals surface area (Å²) >= 11 is 18.1. The molecule has 3 rings (SSSR count). The minimum absolute atomic E-state index is 0.0528. The average molecular weight is 410 g/mol. The number of hydrogen-bond donors (Lipinski definition) is 2. The molecule has 0 radical (unpaired) electrons. The van der Waals surface area contributed by atoms with Crippen LogP contribution in [0.3, 0.4) is 0 Å². The molecule has 0 saturated heterocycles. The summed E-state index contributed by atoms with van der Waals surface area (Å²) in [4.78, 5) is 24.2. The molecule has 0 saturated carbocycles. The Labute approximate surface area is 162 Å². The van der Waals surface area contributed by atoms with Crippen molar-refractivity contribution in [3.8, 4) is 0 Å². The molecule has 0 unspecified atom stereocenters. The van der Waals surface area contributed by atoms with Crippen LogP contribution in [0.1, 0.15) is 23.0 Å². The average Bonchev–Trinajstić information content (AvgIpc) is 2.64. The van der Waals surface area contributed by atoms with Crippen LogP contribution in [0.15, 0.2) is 46.3 Å². The van der Waals surface area contributed by atoms with Gasteiger partial charge in [-0.3, -0.25) is 9.59 Å². The van der Waals surface area contributed by atoms with E-state index in [1.807, 2.05) is 0 Å². The van der Waals surface area contributed by atoms with Crippen LogP contribution in [-0.4, -0.2) is 21.8 Å². The second kappa shape index (κ2) is 7.45. The van der Waals surface area contributed by atoms with Crippen LogP contribution in [0.5, 0.6) is 0 Å². The Hall–Kier alpha value is -2.41. The number of aromatic nitrogens is 2. The van der Waals surface area contributed by atoms with E-state index in [0.717, 1.165) is 0 Å². The van der Waals surface area contributed by atoms with E-state index in [1.165, 1.54) is 0 Å². The standard InChI is InChI=1S/C17H11Cl3N4O2/c1-8(9-6-7-12(18)14(20)13(9)19)21-24-17(26)15-10-4-2-3-5-11(10)16(25)23-22-15/h2-7H,1H3,(H,23,25)(H,24,26)/b21-8-. The molecule has 0 spiro atoms. The second-order valence-corrected chi connectivity index (χ2v) is 6.47. The summed E-state index contributed by atoms with van der Waals surface area (Å²) in [5.41, 5.74) is 3.03. The number of halogens is 3. The minimum atomic E-state index is -0.576. The number of hydrogen-bond acceptors (Lipinski definition) is 4. The minimum Gasteiger partial charge on any atom is -0.267 e. The molecule has 0 aliphatic heterocycles. The SMILES string of the molecule is C/C(=N/NC(=O)c1n[nH]c(=O)c2ccccc12)c1ccc(Cl)c(Cl)c1Cl. The van der Waals surface area contributed by atoms with Crippen molar-refractivity contribution in [1.82, 2.24) is 15.6 Å². The van der Waals surface area contributed by atoms with Gasteiger partial charge in [0, 0.05) is 10.9 Å². The summed E-state index contributed by atoms with van der Waals surface area (Å²) < 4.78 is 0. The molecule has 6 nitrogen and oxygen atoms in total. The first-order chi connectivity index (χ1) is 12.4. The van der Waals surface area contributed by atoms with Gasteiger partial charge in [-0.2, -0.15) is 10.2 Å². The lowest BCUT2D eigenvalue weighted by molar-refractivity contribution is 0.0950. The Morgan fingerprint density at radius 2 is 1.77 bits per heavy atom. The van der Waals surface area contributed by atoms with Gasteiger partial charge in [0.25, 0.3) is 11.5 Å². The van der Waals surface area contributed by atoms with Gasteiger partial charge in [0.05, 0.1) is 26.2 Å². The summed E-state index contributed by atoms with van der Waals surface area (Å²) in [6.07, 6.45) is 0. The lowest BCUT2D eigenvalue weighted by Gasteiger charge is -2.08. The molecule has 9 heteroatoms. The van der Waals surface area contributed by atoms with Crippen molar-refractivity contribution in [3.05, 3.63) is 73.1 Å². The molecule has 1 amide bonds. The first-order valence-corrected chi connectivity index (χ1v) is 8.49. The van der Waals surface area contributed by atoms with Gasteiger partial charge in [-0.1, -0.05) is 59.1 Å². The van der Waals surface area contributed by atoms with Crippen molar-refractivity contribution in [2.75, 3.05) is 0 Å². The highest BCUT2D eigenvalue weighted by Gasteiger charge is 2.15. The highest BCUT2D eigenvalue weighted by Crippen LogP contribution is 2.32. The van der Waals surface area contributed by atoms with E-state index in [-0.39, 0.29) is 21.3 Å². The number of nitrogens with one attached hydrogen (secondary N) is 2. The van der Waals surface area contributed by atoms with Crippen molar-refractivity contribution >= 4 is 57.2 Å². The van der Waals surface area contributed by atoms with E-state index in [1.54, 1.807) is 43.3 Å². The number of hydrazone groups is 1. The number of amides is 1. The fraction of sp³-hybridized carbons (Fsp3) is 0.0588. The monoisotopic (exact) mass is 408 g/mol. The van der Waals surface area contributed by atoms with Gasteiger partial charge in [0.1, 0.15) is 0 Å². The largest absolute Gasteiger partial charge is 0.292 e. The highest BCUT2D eigenvalue weighted by molar-refractivity contribution is 6.49. The molecule has 132 valence electrons. The molecular weight excluding hydrogens is 399 g/mol. The maximum atomic E-state index is 12.4. The third kappa shape index (κ3) is 3.44. The van der Waals surface area contributed by atoms with Gasteiger partial charge in [-0.25, -0.2) is 10.5 Å². The molecule has 26 heavy (non-hydrogen) atoms. The number of nitrogens with zero attached hydrogens (tertiary/aromatic N) is 2. The zero-order valence-corrected chi connectivity index (χ0v) is 15.6. The number of H-pyrrole nitrogens is 1.